The van der Waals surface area contributed by atoms with Gasteiger partial charge < -0.3 is 10.6 Å². The molecular formula is C15H18N4O2. The predicted molar refractivity (Wildman–Crippen MR) is 79.7 cm³/mol. The van der Waals surface area contributed by atoms with Gasteiger partial charge in [0.1, 0.15) is 5.69 Å². The van der Waals surface area contributed by atoms with Crippen LogP contribution in [0.3, 0.4) is 0 Å². The zero-order valence-electron chi connectivity index (χ0n) is 12.1. The van der Waals surface area contributed by atoms with E-state index in [2.05, 4.69) is 20.6 Å². The second-order valence-electron chi connectivity index (χ2n) is 4.95. The maximum atomic E-state index is 11.9. The summed E-state index contributed by atoms with van der Waals surface area (Å²) in [5.74, 6) is -0.395. The minimum Gasteiger partial charge on any atom is -0.354 e. The van der Waals surface area contributed by atoms with Crippen molar-refractivity contribution in [3.8, 4) is 0 Å². The average Bonchev–Trinajstić information content (AvgIpc) is 2.50. The highest BCUT2D eigenvalue weighted by Gasteiger charge is 2.09. The Labute approximate surface area is 123 Å². The van der Waals surface area contributed by atoms with Crippen LogP contribution in [0.2, 0.25) is 0 Å². The Bertz CT molecular complexity index is 655. The lowest BCUT2D eigenvalue weighted by atomic mass is 10.2. The molecular weight excluding hydrogens is 268 g/mol. The van der Waals surface area contributed by atoms with Crippen molar-refractivity contribution in [2.75, 3.05) is 13.1 Å². The first-order valence-electron chi connectivity index (χ1n) is 6.85. The highest BCUT2D eigenvalue weighted by atomic mass is 16.2. The fourth-order valence-electron chi connectivity index (χ4n) is 1.72. The first-order valence-corrected chi connectivity index (χ1v) is 6.85. The number of hydrogen-bond donors (Lipinski definition) is 2. The van der Waals surface area contributed by atoms with E-state index in [1.165, 1.54) is 6.20 Å². The monoisotopic (exact) mass is 286 g/mol. The van der Waals surface area contributed by atoms with Gasteiger partial charge in [0.25, 0.3) is 5.91 Å². The topological polar surface area (TPSA) is 84.0 Å². The molecule has 1 aromatic carbocycles. The van der Waals surface area contributed by atoms with Crippen LogP contribution in [-0.2, 0) is 4.79 Å². The Morgan fingerprint density at radius 1 is 1.10 bits per heavy atom. The van der Waals surface area contributed by atoms with Crippen molar-refractivity contribution in [2.45, 2.75) is 13.8 Å². The number of aromatic nitrogens is 2. The number of amides is 2. The lowest BCUT2D eigenvalue weighted by Crippen LogP contribution is -2.36. The van der Waals surface area contributed by atoms with Crippen LogP contribution in [-0.4, -0.2) is 34.9 Å². The first-order chi connectivity index (χ1) is 10.1. The van der Waals surface area contributed by atoms with Crippen molar-refractivity contribution in [1.29, 1.82) is 0 Å². The molecule has 0 saturated heterocycles. The van der Waals surface area contributed by atoms with Crippen molar-refractivity contribution in [2.24, 2.45) is 5.92 Å². The summed E-state index contributed by atoms with van der Waals surface area (Å²) in [5, 5.41) is 5.43. The van der Waals surface area contributed by atoms with Crippen LogP contribution < -0.4 is 10.6 Å². The Morgan fingerprint density at radius 3 is 2.48 bits per heavy atom. The summed E-state index contributed by atoms with van der Waals surface area (Å²) in [6.45, 7) is 4.38. The van der Waals surface area contributed by atoms with E-state index in [4.69, 9.17) is 0 Å². The molecule has 0 unspecified atom stereocenters. The zero-order chi connectivity index (χ0) is 15.2. The standard InChI is InChI=1S/C15H18N4O2/c1-10(2)14(20)16-7-8-17-15(21)13-9-18-11-5-3-4-6-12(11)19-13/h3-6,9-10H,7-8H2,1-2H3,(H,16,20)(H,17,21). The van der Waals surface area contributed by atoms with Gasteiger partial charge in [-0.3, -0.25) is 14.6 Å². The van der Waals surface area contributed by atoms with Crippen LogP contribution in [0.25, 0.3) is 11.0 Å². The smallest absolute Gasteiger partial charge is 0.271 e. The summed E-state index contributed by atoms with van der Waals surface area (Å²) in [4.78, 5) is 31.7. The molecule has 0 aliphatic rings. The van der Waals surface area contributed by atoms with E-state index in [1.54, 1.807) is 0 Å². The first kappa shape index (κ1) is 14.9. The quantitative estimate of drug-likeness (QED) is 0.807. The summed E-state index contributed by atoms with van der Waals surface area (Å²) in [5.41, 5.74) is 1.69. The maximum Gasteiger partial charge on any atom is 0.271 e. The number of para-hydroxylation sites is 2. The van der Waals surface area contributed by atoms with Crippen LogP contribution in [0.1, 0.15) is 24.3 Å². The predicted octanol–water partition coefficient (Wildman–Crippen LogP) is 1.13. The van der Waals surface area contributed by atoms with Crippen molar-refractivity contribution < 1.29 is 9.59 Å². The van der Waals surface area contributed by atoms with Gasteiger partial charge in [-0.25, -0.2) is 4.98 Å². The Kier molecular flexibility index (Phi) is 4.81. The average molecular weight is 286 g/mol. The summed E-state index contributed by atoms with van der Waals surface area (Å²) in [6, 6.07) is 7.36. The number of benzene rings is 1. The van der Waals surface area contributed by atoms with Crippen molar-refractivity contribution in [3.05, 3.63) is 36.2 Å². The Hall–Kier alpha value is -2.50. The number of rotatable bonds is 5. The molecule has 1 heterocycles. The van der Waals surface area contributed by atoms with Gasteiger partial charge >= 0.3 is 0 Å². The minimum atomic E-state index is -0.299. The number of fused-ring (bicyclic) bond motifs is 1. The molecule has 6 nitrogen and oxygen atoms in total. The summed E-state index contributed by atoms with van der Waals surface area (Å²) in [6.07, 6.45) is 1.45. The normalized spacial score (nSPS) is 10.6. The molecule has 0 bridgehead atoms. The van der Waals surface area contributed by atoms with Gasteiger partial charge in [-0.05, 0) is 12.1 Å². The Balaban J connectivity index is 1.89. The molecule has 110 valence electrons. The van der Waals surface area contributed by atoms with Crippen LogP contribution >= 0.6 is 0 Å². The largest absolute Gasteiger partial charge is 0.354 e. The van der Waals surface area contributed by atoms with Crippen LogP contribution in [0, 0.1) is 5.92 Å². The van der Waals surface area contributed by atoms with E-state index >= 15 is 0 Å². The zero-order valence-corrected chi connectivity index (χ0v) is 12.1. The van der Waals surface area contributed by atoms with E-state index in [0.717, 1.165) is 5.52 Å². The van der Waals surface area contributed by atoms with E-state index in [1.807, 2.05) is 38.1 Å². The fraction of sp³-hybridized carbons (Fsp3) is 0.333. The molecule has 0 atom stereocenters. The molecule has 6 heteroatoms. The van der Waals surface area contributed by atoms with E-state index in [0.29, 0.717) is 18.6 Å². The van der Waals surface area contributed by atoms with Gasteiger partial charge in [0.05, 0.1) is 17.2 Å². The van der Waals surface area contributed by atoms with Crippen LogP contribution in [0.15, 0.2) is 30.5 Å². The number of nitrogens with zero attached hydrogens (tertiary/aromatic N) is 2. The van der Waals surface area contributed by atoms with Gasteiger partial charge in [0.15, 0.2) is 0 Å². The highest BCUT2D eigenvalue weighted by molar-refractivity contribution is 5.93. The molecule has 2 amide bonds. The maximum absolute atomic E-state index is 11.9. The summed E-state index contributed by atoms with van der Waals surface area (Å²) >= 11 is 0. The second-order valence-corrected chi connectivity index (χ2v) is 4.95. The van der Waals surface area contributed by atoms with Gasteiger partial charge in [-0.15, -0.1) is 0 Å². The molecule has 2 N–H and O–H groups in total. The second kappa shape index (κ2) is 6.78. The number of nitrogens with one attached hydrogen (secondary N) is 2. The van der Waals surface area contributed by atoms with Gasteiger partial charge in [0.2, 0.25) is 5.91 Å². The molecule has 2 rings (SSSR count). The van der Waals surface area contributed by atoms with Crippen LogP contribution in [0.4, 0.5) is 0 Å². The van der Waals surface area contributed by atoms with E-state index in [9.17, 15) is 9.59 Å². The molecule has 0 aliphatic carbocycles. The third kappa shape index (κ3) is 3.98. The molecule has 1 aromatic heterocycles. The number of carbonyl (C=O) groups excluding carboxylic acids is 2. The minimum absolute atomic E-state index is 0.0326. The molecule has 0 spiro atoms. The third-order valence-electron chi connectivity index (χ3n) is 2.92. The fourth-order valence-corrected chi connectivity index (χ4v) is 1.72. The molecule has 2 aromatic rings. The van der Waals surface area contributed by atoms with E-state index < -0.39 is 0 Å². The van der Waals surface area contributed by atoms with E-state index in [-0.39, 0.29) is 23.4 Å². The lowest BCUT2D eigenvalue weighted by molar-refractivity contribution is -0.123. The molecule has 0 aliphatic heterocycles. The van der Waals surface area contributed by atoms with Gasteiger partial charge in [-0.2, -0.15) is 0 Å². The lowest BCUT2D eigenvalue weighted by Gasteiger charge is -2.08. The van der Waals surface area contributed by atoms with Crippen molar-refractivity contribution >= 4 is 22.8 Å². The summed E-state index contributed by atoms with van der Waals surface area (Å²) in [7, 11) is 0. The number of hydrogen-bond acceptors (Lipinski definition) is 4. The van der Waals surface area contributed by atoms with Gasteiger partial charge in [-0.1, -0.05) is 26.0 Å². The summed E-state index contributed by atoms with van der Waals surface area (Å²) < 4.78 is 0. The Morgan fingerprint density at radius 2 is 1.76 bits per heavy atom. The third-order valence-corrected chi connectivity index (χ3v) is 2.92. The van der Waals surface area contributed by atoms with Gasteiger partial charge in [0, 0.05) is 19.0 Å². The molecule has 0 fully saturated rings. The van der Waals surface area contributed by atoms with Crippen LogP contribution in [0.5, 0.6) is 0 Å². The highest BCUT2D eigenvalue weighted by Crippen LogP contribution is 2.08. The SMILES string of the molecule is CC(C)C(=O)NCCNC(=O)c1cnc2ccccc2n1. The number of carbonyl (C=O) groups is 2. The molecule has 0 radical (unpaired) electrons. The molecule has 0 saturated carbocycles. The van der Waals surface area contributed by atoms with Crippen molar-refractivity contribution in [3.63, 3.8) is 0 Å². The van der Waals surface area contributed by atoms with Crippen molar-refractivity contribution in [1.82, 2.24) is 20.6 Å². The molecule has 21 heavy (non-hydrogen) atoms.